The van der Waals surface area contributed by atoms with E-state index >= 15 is 0 Å². The molecule has 2 atom stereocenters. The molecular formula is C12H17N3O3. The van der Waals surface area contributed by atoms with Crippen LogP contribution in [0.5, 0.6) is 0 Å². The van der Waals surface area contributed by atoms with Gasteiger partial charge in [-0.15, -0.1) is 0 Å². The summed E-state index contributed by atoms with van der Waals surface area (Å²) in [6, 6.07) is 1.57. The molecule has 6 nitrogen and oxygen atoms in total. The highest BCUT2D eigenvalue weighted by Gasteiger charge is 2.21. The first-order valence-electron chi connectivity index (χ1n) is 5.93. The Morgan fingerprint density at radius 3 is 3.11 bits per heavy atom. The molecule has 4 N–H and O–H groups in total. The molecule has 2 unspecified atom stereocenters. The van der Waals surface area contributed by atoms with Gasteiger partial charge in [-0.1, -0.05) is 0 Å². The fraction of sp³-hybridized carbons (Fsp3) is 0.500. The fourth-order valence-corrected chi connectivity index (χ4v) is 2.11. The molecule has 0 amide bonds. The minimum atomic E-state index is -1.01. The zero-order chi connectivity index (χ0) is 13.1. The number of aromatic nitrogens is 1. The highest BCUT2D eigenvalue weighted by Crippen LogP contribution is 2.22. The number of nitrogens with two attached hydrogens (primary N) is 1. The van der Waals surface area contributed by atoms with Crippen molar-refractivity contribution in [3.05, 3.63) is 17.8 Å². The van der Waals surface area contributed by atoms with Gasteiger partial charge in [0.15, 0.2) is 0 Å². The highest BCUT2D eigenvalue weighted by atomic mass is 16.5. The van der Waals surface area contributed by atoms with E-state index in [1.54, 1.807) is 0 Å². The molecule has 1 aliphatic heterocycles. The first kappa shape index (κ1) is 12.6. The molecular weight excluding hydrogens is 234 g/mol. The van der Waals surface area contributed by atoms with Gasteiger partial charge in [-0.05, 0) is 25.8 Å². The minimum absolute atomic E-state index is 0.154. The van der Waals surface area contributed by atoms with Gasteiger partial charge >= 0.3 is 5.97 Å². The van der Waals surface area contributed by atoms with E-state index in [4.69, 9.17) is 15.6 Å². The van der Waals surface area contributed by atoms with Crippen LogP contribution in [-0.2, 0) is 4.74 Å². The molecule has 98 valence electrons. The summed E-state index contributed by atoms with van der Waals surface area (Å²) in [5.74, 6) is -0.801. The van der Waals surface area contributed by atoms with Crippen LogP contribution in [-0.4, -0.2) is 34.8 Å². The van der Waals surface area contributed by atoms with Gasteiger partial charge in [-0.25, -0.2) is 9.78 Å². The number of nitrogens with zero attached hydrogens (tertiary/aromatic N) is 1. The molecule has 6 heteroatoms. The van der Waals surface area contributed by atoms with Crippen LogP contribution >= 0.6 is 0 Å². The van der Waals surface area contributed by atoms with E-state index < -0.39 is 5.97 Å². The van der Waals surface area contributed by atoms with Crippen LogP contribution in [0.15, 0.2) is 12.3 Å². The Labute approximate surface area is 105 Å². The second-order valence-corrected chi connectivity index (χ2v) is 4.51. The van der Waals surface area contributed by atoms with Crippen molar-refractivity contribution in [3.8, 4) is 0 Å². The molecule has 0 aromatic carbocycles. The van der Waals surface area contributed by atoms with Gasteiger partial charge in [0.1, 0.15) is 5.82 Å². The van der Waals surface area contributed by atoms with Gasteiger partial charge in [0, 0.05) is 12.6 Å². The third kappa shape index (κ3) is 2.89. The van der Waals surface area contributed by atoms with E-state index in [0.29, 0.717) is 12.3 Å². The molecule has 1 saturated heterocycles. The zero-order valence-electron chi connectivity index (χ0n) is 10.2. The first-order valence-corrected chi connectivity index (χ1v) is 5.93. The molecule has 1 fully saturated rings. The number of nitrogen functional groups attached to an aromatic ring is 1. The molecule has 0 bridgehead atoms. The lowest BCUT2D eigenvalue weighted by Gasteiger charge is -2.29. The Morgan fingerprint density at radius 2 is 2.44 bits per heavy atom. The summed E-state index contributed by atoms with van der Waals surface area (Å²) in [6.45, 7) is 2.69. The van der Waals surface area contributed by atoms with Crippen molar-refractivity contribution in [2.45, 2.75) is 31.9 Å². The Morgan fingerprint density at radius 1 is 1.67 bits per heavy atom. The normalized spacial score (nSPS) is 23.6. The number of carboxylic acids is 1. The molecule has 0 spiro atoms. The molecule has 0 saturated carbocycles. The number of nitrogens with one attached hydrogen (secondary N) is 1. The zero-order valence-corrected chi connectivity index (χ0v) is 10.2. The minimum Gasteiger partial charge on any atom is -0.478 e. The van der Waals surface area contributed by atoms with Crippen molar-refractivity contribution in [2.24, 2.45) is 0 Å². The number of pyridine rings is 1. The number of hydrogen-bond donors (Lipinski definition) is 3. The lowest BCUT2D eigenvalue weighted by atomic mass is 10.0. The van der Waals surface area contributed by atoms with Crippen LogP contribution in [0.25, 0.3) is 0 Å². The van der Waals surface area contributed by atoms with E-state index in [9.17, 15) is 4.79 Å². The van der Waals surface area contributed by atoms with Gasteiger partial charge < -0.3 is 20.9 Å². The van der Waals surface area contributed by atoms with Gasteiger partial charge in [0.05, 0.1) is 23.6 Å². The van der Waals surface area contributed by atoms with E-state index in [2.05, 4.69) is 10.3 Å². The Kier molecular flexibility index (Phi) is 3.66. The lowest BCUT2D eigenvalue weighted by Crippen LogP contribution is -2.33. The van der Waals surface area contributed by atoms with Crippen molar-refractivity contribution in [3.63, 3.8) is 0 Å². The van der Waals surface area contributed by atoms with E-state index in [1.165, 1.54) is 12.3 Å². The first-order chi connectivity index (χ1) is 8.56. The summed E-state index contributed by atoms with van der Waals surface area (Å²) in [6.07, 6.45) is 3.36. The summed E-state index contributed by atoms with van der Waals surface area (Å²) < 4.78 is 5.45. The molecule has 0 aliphatic carbocycles. The molecule has 0 radical (unpaired) electrons. The second-order valence-electron chi connectivity index (χ2n) is 4.51. The third-order valence-corrected chi connectivity index (χ3v) is 3.00. The Hall–Kier alpha value is -1.82. The van der Waals surface area contributed by atoms with E-state index in [1.807, 2.05) is 6.92 Å². The Bertz CT molecular complexity index is 450. The van der Waals surface area contributed by atoms with Gasteiger partial charge in [-0.2, -0.15) is 0 Å². The topological polar surface area (TPSA) is 97.5 Å². The van der Waals surface area contributed by atoms with Crippen molar-refractivity contribution >= 4 is 17.5 Å². The second kappa shape index (κ2) is 5.22. The predicted octanol–water partition coefficient (Wildman–Crippen LogP) is 1.34. The number of hydrogen-bond acceptors (Lipinski definition) is 5. The summed E-state index contributed by atoms with van der Waals surface area (Å²) >= 11 is 0. The molecule has 1 aromatic heterocycles. The number of carboxylic acid groups (broad SMARTS) is 1. The summed E-state index contributed by atoms with van der Waals surface area (Å²) in [7, 11) is 0. The number of aromatic carboxylic acids is 1. The maximum atomic E-state index is 11.1. The fourth-order valence-electron chi connectivity index (χ4n) is 2.11. The van der Waals surface area contributed by atoms with Gasteiger partial charge in [-0.3, -0.25) is 0 Å². The number of anilines is 2. The standard InChI is InChI=1S/C12H17N3O3/c1-7-4-8(2-3-18-7)15-10-6-14-11(13)5-9(10)12(16)17/h5-8,15H,2-4H2,1H3,(H2,13,14)(H,16,17). The highest BCUT2D eigenvalue weighted by molar-refractivity contribution is 5.94. The molecule has 2 heterocycles. The number of carbonyl (C=O) groups is 1. The van der Waals surface area contributed by atoms with Crippen molar-refractivity contribution in [2.75, 3.05) is 17.7 Å². The van der Waals surface area contributed by atoms with Crippen molar-refractivity contribution < 1.29 is 14.6 Å². The maximum Gasteiger partial charge on any atom is 0.337 e. The SMILES string of the molecule is CC1CC(Nc2cnc(N)cc2C(=O)O)CCO1. The third-order valence-electron chi connectivity index (χ3n) is 3.00. The van der Waals surface area contributed by atoms with Crippen LogP contribution in [0.2, 0.25) is 0 Å². The van der Waals surface area contributed by atoms with Crippen LogP contribution in [0.4, 0.5) is 11.5 Å². The van der Waals surface area contributed by atoms with Gasteiger partial charge in [0.25, 0.3) is 0 Å². The number of rotatable bonds is 3. The smallest absolute Gasteiger partial charge is 0.337 e. The van der Waals surface area contributed by atoms with Crippen molar-refractivity contribution in [1.29, 1.82) is 0 Å². The molecule has 2 rings (SSSR count). The summed E-state index contributed by atoms with van der Waals surface area (Å²) in [5, 5.41) is 12.3. The van der Waals surface area contributed by atoms with Crippen LogP contribution < -0.4 is 11.1 Å². The van der Waals surface area contributed by atoms with E-state index in [-0.39, 0.29) is 23.5 Å². The molecule has 18 heavy (non-hydrogen) atoms. The van der Waals surface area contributed by atoms with Crippen molar-refractivity contribution in [1.82, 2.24) is 4.98 Å². The predicted molar refractivity (Wildman–Crippen MR) is 67.7 cm³/mol. The number of ether oxygens (including phenoxy) is 1. The Balaban J connectivity index is 2.15. The van der Waals surface area contributed by atoms with Crippen LogP contribution in [0.3, 0.4) is 0 Å². The summed E-state index contributed by atoms with van der Waals surface area (Å²) in [4.78, 5) is 15.1. The molecule has 1 aromatic rings. The largest absolute Gasteiger partial charge is 0.478 e. The average Bonchev–Trinajstić information content (AvgIpc) is 2.31. The average molecular weight is 251 g/mol. The quantitative estimate of drug-likeness (QED) is 0.750. The van der Waals surface area contributed by atoms with Crippen LogP contribution in [0, 0.1) is 0 Å². The molecule has 1 aliphatic rings. The van der Waals surface area contributed by atoms with Crippen LogP contribution in [0.1, 0.15) is 30.1 Å². The monoisotopic (exact) mass is 251 g/mol. The van der Waals surface area contributed by atoms with E-state index in [0.717, 1.165) is 12.8 Å². The lowest BCUT2D eigenvalue weighted by molar-refractivity contribution is 0.0232. The summed E-state index contributed by atoms with van der Waals surface area (Å²) in [5.41, 5.74) is 6.16. The maximum absolute atomic E-state index is 11.1. The van der Waals surface area contributed by atoms with Gasteiger partial charge in [0.2, 0.25) is 0 Å².